The molecule has 1 N–H and O–H groups in total. The van der Waals surface area contributed by atoms with Gasteiger partial charge in [0, 0.05) is 53.6 Å². The number of nitrogens with zero attached hydrogens (tertiary/aromatic N) is 3. The Morgan fingerprint density at radius 1 is 1.18 bits per heavy atom. The standard InChI is InChI=1S/C24H29N3O/c1-16-6-7-22-19(11-16)20-14-26(3)10-8-23(20)27(22)15-24(28)9-4-5-18-12-17(2)25-13-21(18)24/h6-7,11-13,28H,4-5,8-10,14-15H2,1-3H3. The maximum Gasteiger partial charge on any atom is 0.109 e. The van der Waals surface area contributed by atoms with Gasteiger partial charge in [0.05, 0.1) is 6.54 Å². The number of benzene rings is 1. The molecule has 3 heterocycles. The van der Waals surface area contributed by atoms with Crippen molar-refractivity contribution in [2.24, 2.45) is 0 Å². The molecule has 0 saturated carbocycles. The van der Waals surface area contributed by atoms with Crippen LogP contribution in [0.5, 0.6) is 0 Å². The molecule has 2 aromatic heterocycles. The molecule has 4 heteroatoms. The third-order valence-electron chi connectivity index (χ3n) is 6.68. The first-order chi connectivity index (χ1) is 13.4. The highest BCUT2D eigenvalue weighted by atomic mass is 16.3. The summed E-state index contributed by atoms with van der Waals surface area (Å²) >= 11 is 0. The topological polar surface area (TPSA) is 41.3 Å². The van der Waals surface area contributed by atoms with E-state index in [1.807, 2.05) is 13.1 Å². The van der Waals surface area contributed by atoms with Crippen LogP contribution in [0.15, 0.2) is 30.5 Å². The van der Waals surface area contributed by atoms with Crippen LogP contribution >= 0.6 is 0 Å². The number of aliphatic hydroxyl groups is 1. The van der Waals surface area contributed by atoms with Crippen LogP contribution in [0.1, 0.15) is 46.5 Å². The third-order valence-corrected chi connectivity index (χ3v) is 6.68. The first-order valence-electron chi connectivity index (χ1n) is 10.4. The molecule has 28 heavy (non-hydrogen) atoms. The average molecular weight is 376 g/mol. The summed E-state index contributed by atoms with van der Waals surface area (Å²) in [4.78, 5) is 6.91. The predicted molar refractivity (Wildman–Crippen MR) is 113 cm³/mol. The normalized spacial score (nSPS) is 22.3. The number of fused-ring (bicyclic) bond motifs is 4. The van der Waals surface area contributed by atoms with Crippen LogP contribution in [0.3, 0.4) is 0 Å². The highest BCUT2D eigenvalue weighted by Crippen LogP contribution is 2.39. The lowest BCUT2D eigenvalue weighted by Crippen LogP contribution is -2.37. The maximum absolute atomic E-state index is 11.8. The van der Waals surface area contributed by atoms with Crippen molar-refractivity contribution in [1.29, 1.82) is 0 Å². The van der Waals surface area contributed by atoms with Crippen LogP contribution in [0, 0.1) is 13.8 Å². The van der Waals surface area contributed by atoms with Crippen molar-refractivity contribution in [2.75, 3.05) is 13.6 Å². The summed E-state index contributed by atoms with van der Waals surface area (Å²) in [6.45, 7) is 6.86. The van der Waals surface area contributed by atoms with Crippen LogP contribution in [-0.4, -0.2) is 33.1 Å². The zero-order valence-corrected chi connectivity index (χ0v) is 17.1. The number of rotatable bonds is 2. The van der Waals surface area contributed by atoms with Gasteiger partial charge < -0.3 is 14.6 Å². The molecular formula is C24H29N3O. The molecule has 0 radical (unpaired) electrons. The van der Waals surface area contributed by atoms with Gasteiger partial charge in [-0.15, -0.1) is 0 Å². The van der Waals surface area contributed by atoms with E-state index in [-0.39, 0.29) is 0 Å². The van der Waals surface area contributed by atoms with E-state index in [2.05, 4.69) is 52.7 Å². The molecule has 0 amide bonds. The molecule has 1 unspecified atom stereocenters. The average Bonchev–Trinajstić information content (AvgIpc) is 2.94. The van der Waals surface area contributed by atoms with E-state index >= 15 is 0 Å². The Labute approximate surface area is 166 Å². The number of likely N-dealkylation sites (N-methyl/N-ethyl adjacent to an activating group) is 1. The number of aryl methyl sites for hydroxylation is 3. The summed E-state index contributed by atoms with van der Waals surface area (Å²) in [6, 6.07) is 8.90. The summed E-state index contributed by atoms with van der Waals surface area (Å²) in [5, 5.41) is 13.1. The number of pyridine rings is 1. The van der Waals surface area contributed by atoms with Gasteiger partial charge in [-0.1, -0.05) is 11.6 Å². The van der Waals surface area contributed by atoms with E-state index in [0.29, 0.717) is 6.54 Å². The monoisotopic (exact) mass is 375 g/mol. The molecule has 146 valence electrons. The Balaban J connectivity index is 1.65. The smallest absolute Gasteiger partial charge is 0.109 e. The number of aromatic nitrogens is 2. The fourth-order valence-corrected chi connectivity index (χ4v) is 5.25. The van der Waals surface area contributed by atoms with Crippen LogP contribution in [0.4, 0.5) is 0 Å². The quantitative estimate of drug-likeness (QED) is 0.739. The molecule has 1 aromatic carbocycles. The van der Waals surface area contributed by atoms with Crippen molar-refractivity contribution >= 4 is 10.9 Å². The fourth-order valence-electron chi connectivity index (χ4n) is 5.25. The summed E-state index contributed by atoms with van der Waals surface area (Å²) in [5.74, 6) is 0. The molecule has 5 rings (SSSR count). The zero-order chi connectivity index (χ0) is 19.5. The van der Waals surface area contributed by atoms with E-state index in [1.165, 1.54) is 33.3 Å². The van der Waals surface area contributed by atoms with Crippen molar-refractivity contribution in [1.82, 2.24) is 14.5 Å². The minimum atomic E-state index is -0.845. The Kier molecular flexibility index (Phi) is 4.11. The maximum atomic E-state index is 11.8. The molecular weight excluding hydrogens is 346 g/mol. The van der Waals surface area contributed by atoms with E-state index in [0.717, 1.165) is 50.0 Å². The van der Waals surface area contributed by atoms with Crippen LogP contribution in [0.2, 0.25) is 0 Å². The lowest BCUT2D eigenvalue weighted by atomic mass is 9.79. The van der Waals surface area contributed by atoms with Crippen LogP contribution < -0.4 is 0 Å². The van der Waals surface area contributed by atoms with Crippen molar-refractivity contribution in [3.05, 3.63) is 64.1 Å². The molecule has 0 bridgehead atoms. The third kappa shape index (κ3) is 2.78. The second kappa shape index (κ2) is 6.43. The summed E-state index contributed by atoms with van der Waals surface area (Å²) in [7, 11) is 2.20. The molecule has 4 nitrogen and oxygen atoms in total. The molecule has 3 aromatic rings. The highest BCUT2D eigenvalue weighted by molar-refractivity contribution is 5.86. The second-order valence-electron chi connectivity index (χ2n) is 8.89. The summed E-state index contributed by atoms with van der Waals surface area (Å²) in [5.41, 5.74) is 7.87. The Morgan fingerprint density at radius 3 is 2.89 bits per heavy atom. The van der Waals surface area contributed by atoms with Gasteiger partial charge in [0.2, 0.25) is 0 Å². The molecule has 1 aliphatic carbocycles. The Hall–Kier alpha value is -2.17. The van der Waals surface area contributed by atoms with Crippen LogP contribution in [-0.2, 0) is 31.5 Å². The van der Waals surface area contributed by atoms with Crippen molar-refractivity contribution < 1.29 is 5.11 Å². The van der Waals surface area contributed by atoms with Crippen LogP contribution in [0.25, 0.3) is 10.9 Å². The number of hydrogen-bond acceptors (Lipinski definition) is 3. The highest BCUT2D eigenvalue weighted by Gasteiger charge is 2.37. The molecule has 0 spiro atoms. The van der Waals surface area contributed by atoms with Crippen molar-refractivity contribution in [3.8, 4) is 0 Å². The van der Waals surface area contributed by atoms with Crippen molar-refractivity contribution in [3.63, 3.8) is 0 Å². The largest absolute Gasteiger partial charge is 0.383 e. The minimum Gasteiger partial charge on any atom is -0.383 e. The molecule has 1 aliphatic heterocycles. The Bertz CT molecular complexity index is 1070. The fraction of sp³-hybridized carbons (Fsp3) is 0.458. The van der Waals surface area contributed by atoms with Gasteiger partial charge in [0.15, 0.2) is 0 Å². The number of hydrogen-bond donors (Lipinski definition) is 1. The molecule has 2 aliphatic rings. The van der Waals surface area contributed by atoms with Gasteiger partial charge in [-0.05, 0) is 69.5 Å². The lowest BCUT2D eigenvalue weighted by molar-refractivity contribution is 0.00139. The second-order valence-corrected chi connectivity index (χ2v) is 8.89. The van der Waals surface area contributed by atoms with E-state index in [9.17, 15) is 5.11 Å². The van der Waals surface area contributed by atoms with Gasteiger partial charge in [-0.2, -0.15) is 0 Å². The lowest BCUT2D eigenvalue weighted by Gasteiger charge is -2.36. The van der Waals surface area contributed by atoms with Gasteiger partial charge in [0.1, 0.15) is 5.60 Å². The Morgan fingerprint density at radius 2 is 2.04 bits per heavy atom. The van der Waals surface area contributed by atoms with E-state index in [4.69, 9.17) is 0 Å². The predicted octanol–water partition coefficient (Wildman–Crippen LogP) is 3.87. The van der Waals surface area contributed by atoms with Gasteiger partial charge in [-0.25, -0.2) is 0 Å². The first-order valence-corrected chi connectivity index (χ1v) is 10.4. The van der Waals surface area contributed by atoms with E-state index < -0.39 is 5.60 Å². The first kappa shape index (κ1) is 17.9. The van der Waals surface area contributed by atoms with Gasteiger partial charge in [-0.3, -0.25) is 4.98 Å². The van der Waals surface area contributed by atoms with Crippen molar-refractivity contribution in [2.45, 2.75) is 58.2 Å². The zero-order valence-electron chi connectivity index (χ0n) is 17.1. The van der Waals surface area contributed by atoms with E-state index in [1.54, 1.807) is 0 Å². The molecule has 0 fully saturated rings. The SMILES string of the molecule is Cc1ccc2c(c1)c1c(n2CC2(O)CCCc3cc(C)ncc32)CCN(C)C1. The van der Waals surface area contributed by atoms with Gasteiger partial charge >= 0.3 is 0 Å². The summed E-state index contributed by atoms with van der Waals surface area (Å²) < 4.78 is 2.41. The van der Waals surface area contributed by atoms with Gasteiger partial charge in [0.25, 0.3) is 0 Å². The molecule has 0 saturated heterocycles. The summed E-state index contributed by atoms with van der Waals surface area (Å²) in [6.07, 6.45) is 5.81. The molecule has 1 atom stereocenters. The minimum absolute atomic E-state index is 0.614.